The summed E-state index contributed by atoms with van der Waals surface area (Å²) in [5.74, 6) is 0.665. The third kappa shape index (κ3) is 3.46. The van der Waals surface area contributed by atoms with Crippen molar-refractivity contribution in [1.82, 2.24) is 4.90 Å². The summed E-state index contributed by atoms with van der Waals surface area (Å²) in [6, 6.07) is 0.391. The number of hydrogen-bond donors (Lipinski definition) is 2. The Morgan fingerprint density at radius 3 is 2.61 bits per heavy atom. The van der Waals surface area contributed by atoms with Crippen molar-refractivity contribution in [3.05, 3.63) is 0 Å². The van der Waals surface area contributed by atoms with Gasteiger partial charge in [0.1, 0.15) is 0 Å². The average Bonchev–Trinajstić information content (AvgIpc) is 2.49. The molecule has 1 aliphatic heterocycles. The van der Waals surface area contributed by atoms with Crippen molar-refractivity contribution >= 4 is 0 Å². The molecule has 0 amide bonds. The molecule has 0 radical (unpaired) electrons. The van der Waals surface area contributed by atoms with Crippen LogP contribution in [0.3, 0.4) is 0 Å². The van der Waals surface area contributed by atoms with Gasteiger partial charge in [0.05, 0.1) is 6.10 Å². The highest BCUT2D eigenvalue weighted by Crippen LogP contribution is 2.31. The van der Waals surface area contributed by atoms with Crippen molar-refractivity contribution in [2.45, 2.75) is 64.5 Å². The Hall–Kier alpha value is -0.120. The lowest BCUT2D eigenvalue weighted by Crippen LogP contribution is -2.51. The molecule has 2 aliphatic rings. The largest absolute Gasteiger partial charge is 0.392 e. The highest BCUT2D eigenvalue weighted by atomic mass is 16.3. The van der Waals surface area contributed by atoms with Gasteiger partial charge in [-0.05, 0) is 25.2 Å². The molecule has 18 heavy (non-hydrogen) atoms. The van der Waals surface area contributed by atoms with Crippen LogP contribution in [0.15, 0.2) is 0 Å². The molecular weight excluding hydrogens is 224 g/mol. The molecule has 3 nitrogen and oxygen atoms in total. The van der Waals surface area contributed by atoms with Gasteiger partial charge in [0.25, 0.3) is 0 Å². The number of hydrogen-bond acceptors (Lipinski definition) is 3. The Labute approximate surface area is 112 Å². The van der Waals surface area contributed by atoms with Gasteiger partial charge in [-0.3, -0.25) is 0 Å². The lowest BCUT2D eigenvalue weighted by atomic mass is 9.80. The van der Waals surface area contributed by atoms with E-state index >= 15 is 0 Å². The zero-order chi connectivity index (χ0) is 13.2. The van der Waals surface area contributed by atoms with Crippen LogP contribution in [0.4, 0.5) is 0 Å². The molecule has 0 aromatic rings. The number of rotatable bonds is 2. The standard InChI is InChI=1S/C15H30N2O/c1-15(2)11-17(9-8-14(15)18)10-12-6-4-3-5-7-13(12)16/h12-14,18H,3-11,16H2,1-2H3. The van der Waals surface area contributed by atoms with Crippen molar-refractivity contribution in [2.24, 2.45) is 17.1 Å². The van der Waals surface area contributed by atoms with Crippen LogP contribution in [0.5, 0.6) is 0 Å². The summed E-state index contributed by atoms with van der Waals surface area (Å²) >= 11 is 0. The molecule has 3 unspecified atom stereocenters. The Morgan fingerprint density at radius 2 is 1.89 bits per heavy atom. The van der Waals surface area contributed by atoms with Crippen LogP contribution >= 0.6 is 0 Å². The van der Waals surface area contributed by atoms with E-state index in [1.54, 1.807) is 0 Å². The molecule has 0 bridgehead atoms. The van der Waals surface area contributed by atoms with Crippen LogP contribution in [0, 0.1) is 11.3 Å². The third-order valence-corrected chi connectivity index (χ3v) is 4.96. The van der Waals surface area contributed by atoms with Crippen molar-refractivity contribution in [1.29, 1.82) is 0 Å². The summed E-state index contributed by atoms with van der Waals surface area (Å²) in [7, 11) is 0. The molecule has 106 valence electrons. The molecular formula is C15H30N2O. The zero-order valence-electron chi connectivity index (χ0n) is 12.1. The van der Waals surface area contributed by atoms with Crippen molar-refractivity contribution in [3.8, 4) is 0 Å². The summed E-state index contributed by atoms with van der Waals surface area (Å²) < 4.78 is 0. The van der Waals surface area contributed by atoms with Crippen molar-refractivity contribution in [2.75, 3.05) is 19.6 Å². The summed E-state index contributed by atoms with van der Waals surface area (Å²) in [5, 5.41) is 10.0. The number of nitrogens with zero attached hydrogens (tertiary/aromatic N) is 1. The van der Waals surface area contributed by atoms with Crippen LogP contribution in [0.25, 0.3) is 0 Å². The third-order valence-electron chi connectivity index (χ3n) is 4.96. The minimum Gasteiger partial charge on any atom is -0.392 e. The molecule has 1 saturated heterocycles. The smallest absolute Gasteiger partial charge is 0.0615 e. The fourth-order valence-electron chi connectivity index (χ4n) is 3.58. The molecule has 3 atom stereocenters. The van der Waals surface area contributed by atoms with Crippen LogP contribution < -0.4 is 5.73 Å². The minimum atomic E-state index is -0.142. The molecule has 0 spiro atoms. The van der Waals surface area contributed by atoms with E-state index in [1.807, 2.05) is 0 Å². The first-order valence-corrected chi connectivity index (χ1v) is 7.65. The van der Waals surface area contributed by atoms with E-state index in [1.165, 1.54) is 32.1 Å². The van der Waals surface area contributed by atoms with Crippen molar-refractivity contribution < 1.29 is 5.11 Å². The molecule has 1 aliphatic carbocycles. The van der Waals surface area contributed by atoms with Gasteiger partial charge in [-0.15, -0.1) is 0 Å². The SMILES string of the molecule is CC1(C)CN(CC2CCCCCC2N)CCC1O. The van der Waals surface area contributed by atoms with Gasteiger partial charge in [-0.2, -0.15) is 0 Å². The Kier molecular flexibility index (Phi) is 4.68. The van der Waals surface area contributed by atoms with Gasteiger partial charge in [0, 0.05) is 31.1 Å². The van der Waals surface area contributed by atoms with E-state index in [9.17, 15) is 5.11 Å². The summed E-state index contributed by atoms with van der Waals surface area (Å²) in [5.41, 5.74) is 6.35. The second-order valence-electron chi connectivity index (χ2n) is 7.09. The van der Waals surface area contributed by atoms with Crippen molar-refractivity contribution in [3.63, 3.8) is 0 Å². The Bertz CT molecular complexity index is 267. The van der Waals surface area contributed by atoms with Gasteiger partial charge < -0.3 is 15.7 Å². The monoisotopic (exact) mass is 254 g/mol. The predicted octanol–water partition coefficient (Wildman–Crippen LogP) is 1.99. The van der Waals surface area contributed by atoms with E-state index in [0.717, 1.165) is 26.1 Å². The number of aliphatic hydroxyl groups is 1. The lowest BCUT2D eigenvalue weighted by molar-refractivity contribution is -0.0297. The average molecular weight is 254 g/mol. The minimum absolute atomic E-state index is 0.0348. The van der Waals surface area contributed by atoms with E-state index in [2.05, 4.69) is 18.7 Å². The fraction of sp³-hybridized carbons (Fsp3) is 1.00. The van der Waals surface area contributed by atoms with Crippen LogP contribution in [0.1, 0.15) is 52.4 Å². The number of nitrogens with two attached hydrogens (primary N) is 1. The first kappa shape index (κ1) is 14.3. The molecule has 3 N–H and O–H groups in total. The second kappa shape index (κ2) is 5.89. The van der Waals surface area contributed by atoms with Crippen LogP contribution in [-0.4, -0.2) is 41.8 Å². The molecule has 1 saturated carbocycles. The number of aliphatic hydroxyl groups excluding tert-OH is 1. The van der Waals surface area contributed by atoms with Gasteiger partial charge in [0.2, 0.25) is 0 Å². The molecule has 0 aromatic carbocycles. The lowest BCUT2D eigenvalue weighted by Gasteiger charge is -2.43. The molecule has 2 rings (SSSR count). The molecule has 0 aromatic heterocycles. The second-order valence-corrected chi connectivity index (χ2v) is 7.09. The van der Waals surface area contributed by atoms with E-state index in [0.29, 0.717) is 12.0 Å². The quantitative estimate of drug-likeness (QED) is 0.741. The zero-order valence-corrected chi connectivity index (χ0v) is 12.1. The number of piperidine rings is 1. The maximum atomic E-state index is 10.0. The summed E-state index contributed by atoms with van der Waals surface area (Å²) in [6.07, 6.45) is 7.27. The normalized spacial score (nSPS) is 38.3. The Balaban J connectivity index is 1.88. The number of likely N-dealkylation sites (tertiary alicyclic amines) is 1. The van der Waals surface area contributed by atoms with Crippen LogP contribution in [-0.2, 0) is 0 Å². The van der Waals surface area contributed by atoms with E-state index in [-0.39, 0.29) is 11.5 Å². The van der Waals surface area contributed by atoms with E-state index < -0.39 is 0 Å². The molecule has 1 heterocycles. The Morgan fingerprint density at radius 1 is 1.17 bits per heavy atom. The first-order chi connectivity index (χ1) is 8.49. The van der Waals surface area contributed by atoms with E-state index in [4.69, 9.17) is 5.73 Å². The summed E-state index contributed by atoms with van der Waals surface area (Å²) in [6.45, 7) is 7.54. The van der Waals surface area contributed by atoms with Gasteiger partial charge in [-0.1, -0.05) is 33.1 Å². The highest BCUT2D eigenvalue weighted by Gasteiger charge is 2.35. The van der Waals surface area contributed by atoms with Gasteiger partial charge in [-0.25, -0.2) is 0 Å². The fourth-order valence-corrected chi connectivity index (χ4v) is 3.58. The molecule has 3 heteroatoms. The summed E-state index contributed by atoms with van der Waals surface area (Å²) in [4.78, 5) is 2.53. The predicted molar refractivity (Wildman–Crippen MR) is 75.4 cm³/mol. The van der Waals surface area contributed by atoms with Crippen LogP contribution in [0.2, 0.25) is 0 Å². The molecule has 2 fully saturated rings. The maximum Gasteiger partial charge on any atom is 0.0615 e. The topological polar surface area (TPSA) is 49.5 Å². The maximum absolute atomic E-state index is 10.0. The highest BCUT2D eigenvalue weighted by molar-refractivity contribution is 4.89. The first-order valence-electron chi connectivity index (χ1n) is 7.65. The van der Waals surface area contributed by atoms with Gasteiger partial charge >= 0.3 is 0 Å². The van der Waals surface area contributed by atoms with Gasteiger partial charge in [0.15, 0.2) is 0 Å².